The predicted molar refractivity (Wildman–Crippen MR) is 54.8 cm³/mol. The zero-order valence-corrected chi connectivity index (χ0v) is 8.77. The van der Waals surface area contributed by atoms with Gasteiger partial charge < -0.3 is 15.7 Å². The van der Waals surface area contributed by atoms with E-state index in [1.165, 1.54) is 12.8 Å². The largest absolute Gasteiger partial charge is 0.389 e. The van der Waals surface area contributed by atoms with Gasteiger partial charge >= 0.3 is 0 Å². The van der Waals surface area contributed by atoms with Gasteiger partial charge in [-0.05, 0) is 52.2 Å². The maximum atomic E-state index is 9.47. The molecule has 0 amide bonds. The number of hydrogen-bond donors (Lipinski definition) is 3. The van der Waals surface area contributed by atoms with Crippen LogP contribution in [0.4, 0.5) is 0 Å². The molecule has 0 radical (unpaired) electrons. The van der Waals surface area contributed by atoms with E-state index in [0.29, 0.717) is 6.54 Å². The van der Waals surface area contributed by atoms with Crippen LogP contribution in [0.1, 0.15) is 26.7 Å². The lowest BCUT2D eigenvalue weighted by Crippen LogP contribution is -2.39. The van der Waals surface area contributed by atoms with Gasteiger partial charge in [0.05, 0.1) is 5.60 Å². The Morgan fingerprint density at radius 1 is 1.38 bits per heavy atom. The van der Waals surface area contributed by atoms with Crippen LogP contribution in [0.25, 0.3) is 0 Å². The molecule has 0 spiro atoms. The van der Waals surface area contributed by atoms with E-state index in [1.807, 2.05) is 13.8 Å². The van der Waals surface area contributed by atoms with Crippen LogP contribution in [0.5, 0.6) is 0 Å². The summed E-state index contributed by atoms with van der Waals surface area (Å²) in [6, 6.07) is 0. The van der Waals surface area contributed by atoms with Crippen molar-refractivity contribution < 1.29 is 5.11 Å². The van der Waals surface area contributed by atoms with E-state index in [4.69, 9.17) is 0 Å². The summed E-state index contributed by atoms with van der Waals surface area (Å²) in [6.45, 7) is 7.71. The summed E-state index contributed by atoms with van der Waals surface area (Å²) in [5, 5.41) is 16.1. The van der Waals surface area contributed by atoms with Crippen molar-refractivity contribution in [2.75, 3.05) is 26.2 Å². The van der Waals surface area contributed by atoms with Crippen LogP contribution < -0.4 is 10.6 Å². The lowest BCUT2D eigenvalue weighted by Gasteiger charge is -2.25. The second-order valence-electron chi connectivity index (χ2n) is 4.64. The van der Waals surface area contributed by atoms with Crippen LogP contribution in [0.3, 0.4) is 0 Å². The highest BCUT2D eigenvalue weighted by Gasteiger charge is 2.15. The smallest absolute Gasteiger partial charge is 0.0715 e. The van der Waals surface area contributed by atoms with Gasteiger partial charge in [0.2, 0.25) is 0 Å². The molecule has 0 unspecified atom stereocenters. The lowest BCUT2D eigenvalue weighted by atomic mass is 9.98. The van der Waals surface area contributed by atoms with Crippen molar-refractivity contribution >= 4 is 0 Å². The monoisotopic (exact) mass is 186 g/mol. The van der Waals surface area contributed by atoms with Crippen LogP contribution in [0, 0.1) is 5.92 Å². The minimum absolute atomic E-state index is 0.576. The van der Waals surface area contributed by atoms with Crippen LogP contribution in [-0.2, 0) is 0 Å². The molecule has 1 aliphatic rings. The van der Waals surface area contributed by atoms with Gasteiger partial charge in [-0.3, -0.25) is 0 Å². The van der Waals surface area contributed by atoms with Crippen molar-refractivity contribution in [1.29, 1.82) is 0 Å². The molecule has 1 fully saturated rings. The topological polar surface area (TPSA) is 44.3 Å². The summed E-state index contributed by atoms with van der Waals surface area (Å²) >= 11 is 0. The molecule has 13 heavy (non-hydrogen) atoms. The molecule has 78 valence electrons. The molecule has 0 saturated carbocycles. The number of nitrogens with one attached hydrogen (secondary N) is 2. The van der Waals surface area contributed by atoms with Crippen LogP contribution in [0.15, 0.2) is 0 Å². The summed E-state index contributed by atoms with van der Waals surface area (Å²) < 4.78 is 0. The molecule has 1 aliphatic heterocycles. The molecule has 1 rings (SSSR count). The highest BCUT2D eigenvalue weighted by atomic mass is 16.3. The summed E-state index contributed by atoms with van der Waals surface area (Å²) in [5.74, 6) is 0.795. The van der Waals surface area contributed by atoms with Gasteiger partial charge in [0.1, 0.15) is 0 Å². The summed E-state index contributed by atoms with van der Waals surface area (Å²) in [4.78, 5) is 0. The van der Waals surface area contributed by atoms with E-state index >= 15 is 0 Å². The van der Waals surface area contributed by atoms with Gasteiger partial charge in [0.15, 0.2) is 0 Å². The number of aliphatic hydroxyl groups is 1. The normalized spacial score (nSPS) is 20.5. The third-order valence-corrected chi connectivity index (χ3v) is 2.45. The highest BCUT2D eigenvalue weighted by Crippen LogP contribution is 2.10. The van der Waals surface area contributed by atoms with Crippen molar-refractivity contribution in [3.05, 3.63) is 0 Å². The molecule has 0 atom stereocenters. The quantitative estimate of drug-likeness (QED) is 0.593. The number of hydrogen-bond acceptors (Lipinski definition) is 3. The first-order chi connectivity index (χ1) is 6.08. The fourth-order valence-electron chi connectivity index (χ4n) is 1.67. The average molecular weight is 186 g/mol. The fourth-order valence-corrected chi connectivity index (χ4v) is 1.67. The summed E-state index contributed by atoms with van der Waals surface area (Å²) in [6.07, 6.45) is 2.53. The Kier molecular flexibility index (Phi) is 4.16. The zero-order valence-electron chi connectivity index (χ0n) is 8.77. The highest BCUT2D eigenvalue weighted by molar-refractivity contribution is 4.73. The van der Waals surface area contributed by atoms with Crippen molar-refractivity contribution in [3.63, 3.8) is 0 Å². The van der Waals surface area contributed by atoms with Crippen LogP contribution in [-0.4, -0.2) is 36.9 Å². The van der Waals surface area contributed by atoms with E-state index in [1.54, 1.807) is 0 Å². The third-order valence-electron chi connectivity index (χ3n) is 2.45. The second-order valence-corrected chi connectivity index (χ2v) is 4.64. The predicted octanol–water partition coefficient (Wildman–Crippen LogP) is 0.346. The van der Waals surface area contributed by atoms with Crippen molar-refractivity contribution in [2.45, 2.75) is 32.3 Å². The summed E-state index contributed by atoms with van der Waals surface area (Å²) in [7, 11) is 0. The number of piperidine rings is 1. The van der Waals surface area contributed by atoms with E-state index in [0.717, 1.165) is 25.6 Å². The molecule has 3 nitrogen and oxygen atoms in total. The van der Waals surface area contributed by atoms with Crippen LogP contribution >= 0.6 is 0 Å². The Balaban J connectivity index is 2.04. The van der Waals surface area contributed by atoms with Gasteiger partial charge in [0.25, 0.3) is 0 Å². The number of rotatable bonds is 4. The second kappa shape index (κ2) is 4.94. The van der Waals surface area contributed by atoms with Crippen molar-refractivity contribution in [2.24, 2.45) is 5.92 Å². The van der Waals surface area contributed by atoms with Crippen LogP contribution in [0.2, 0.25) is 0 Å². The maximum absolute atomic E-state index is 9.47. The molecular formula is C10H22N2O. The molecule has 0 aliphatic carbocycles. The Labute approximate surface area is 80.9 Å². The summed E-state index contributed by atoms with van der Waals surface area (Å²) in [5.41, 5.74) is -0.576. The Morgan fingerprint density at radius 2 is 2.00 bits per heavy atom. The van der Waals surface area contributed by atoms with Crippen molar-refractivity contribution in [3.8, 4) is 0 Å². The van der Waals surface area contributed by atoms with Crippen molar-refractivity contribution in [1.82, 2.24) is 10.6 Å². The Hall–Kier alpha value is -0.120. The third kappa shape index (κ3) is 5.24. The zero-order chi connectivity index (χ0) is 9.73. The first-order valence-electron chi connectivity index (χ1n) is 5.22. The molecule has 1 saturated heterocycles. The van der Waals surface area contributed by atoms with Gasteiger partial charge in [-0.1, -0.05) is 0 Å². The van der Waals surface area contributed by atoms with Gasteiger partial charge in [0, 0.05) is 6.54 Å². The molecular weight excluding hydrogens is 164 g/mol. The molecule has 0 bridgehead atoms. The Morgan fingerprint density at radius 3 is 2.54 bits per heavy atom. The maximum Gasteiger partial charge on any atom is 0.0715 e. The van der Waals surface area contributed by atoms with Gasteiger partial charge in [-0.15, -0.1) is 0 Å². The van der Waals surface area contributed by atoms with Gasteiger partial charge in [-0.25, -0.2) is 0 Å². The minimum Gasteiger partial charge on any atom is -0.389 e. The molecule has 3 heteroatoms. The fraction of sp³-hybridized carbons (Fsp3) is 1.00. The first kappa shape index (κ1) is 11.0. The van der Waals surface area contributed by atoms with E-state index in [9.17, 15) is 5.11 Å². The van der Waals surface area contributed by atoms with E-state index in [-0.39, 0.29) is 0 Å². The molecule has 0 aromatic heterocycles. The minimum atomic E-state index is -0.576. The molecule has 1 heterocycles. The Bertz CT molecular complexity index is 136. The first-order valence-corrected chi connectivity index (χ1v) is 5.22. The lowest BCUT2D eigenvalue weighted by molar-refractivity contribution is 0.0782. The molecule has 0 aromatic carbocycles. The molecule has 0 aromatic rings. The van der Waals surface area contributed by atoms with E-state index < -0.39 is 5.60 Å². The average Bonchev–Trinajstić information content (AvgIpc) is 2.04. The SMILES string of the molecule is CC(C)(O)CNCC1CCNCC1. The molecule has 3 N–H and O–H groups in total. The standard InChI is InChI=1S/C10H22N2O/c1-10(2,13)8-12-7-9-3-5-11-6-4-9/h9,11-13H,3-8H2,1-2H3. The van der Waals surface area contributed by atoms with E-state index in [2.05, 4.69) is 10.6 Å². The van der Waals surface area contributed by atoms with Gasteiger partial charge in [-0.2, -0.15) is 0 Å².